The molecule has 1 heterocycles. The van der Waals surface area contributed by atoms with Crippen LogP contribution in [-0.4, -0.2) is 28.6 Å². The molecule has 1 aromatic carbocycles. The van der Waals surface area contributed by atoms with Gasteiger partial charge in [-0.15, -0.1) is 0 Å². The zero-order chi connectivity index (χ0) is 20.7. The van der Waals surface area contributed by atoms with Crippen LogP contribution in [-0.2, 0) is 11.0 Å². The quantitative estimate of drug-likeness (QED) is 0.675. The van der Waals surface area contributed by atoms with E-state index in [1.165, 1.54) is 18.2 Å². The topological polar surface area (TPSA) is 94.3 Å². The molecule has 0 bridgehead atoms. The highest BCUT2D eigenvalue weighted by Crippen LogP contribution is 2.31. The van der Waals surface area contributed by atoms with Crippen molar-refractivity contribution in [2.75, 3.05) is 6.61 Å². The Hall–Kier alpha value is -2.91. The first-order valence-corrected chi connectivity index (χ1v) is 8.78. The predicted molar refractivity (Wildman–Crippen MR) is 92.5 cm³/mol. The largest absolute Gasteiger partial charge is 0.493 e. The van der Waals surface area contributed by atoms with E-state index in [0.717, 1.165) is 6.42 Å². The summed E-state index contributed by atoms with van der Waals surface area (Å²) < 4.78 is 47.8. The number of benzene rings is 1. The number of hydrogen-bond donors (Lipinski definition) is 1. The van der Waals surface area contributed by atoms with Gasteiger partial charge in [0.05, 0.1) is 12.2 Å². The number of nitrogens with one attached hydrogen (secondary N) is 1. The number of halogens is 3. The molecule has 1 N–H and O–H groups in total. The van der Waals surface area contributed by atoms with E-state index < -0.39 is 23.9 Å². The fraction of sp³-hybridized carbons (Fsp3) is 0.444. The number of unbranched alkanes of at least 4 members (excludes halogenated alkanes) is 1. The van der Waals surface area contributed by atoms with Crippen LogP contribution in [0.4, 0.5) is 13.2 Å². The lowest BCUT2D eigenvalue weighted by Crippen LogP contribution is -2.30. The normalized spacial score (nSPS) is 11.3. The Balaban J connectivity index is 2.32. The van der Waals surface area contributed by atoms with Gasteiger partial charge in [-0.1, -0.05) is 25.4 Å². The Morgan fingerprint density at radius 1 is 1.21 bits per heavy atom. The van der Waals surface area contributed by atoms with Gasteiger partial charge in [0.2, 0.25) is 11.7 Å². The molecule has 0 saturated carbocycles. The third-order valence-electron chi connectivity index (χ3n) is 3.64. The maximum Gasteiger partial charge on any atom is 0.471 e. The van der Waals surface area contributed by atoms with Crippen molar-refractivity contribution in [2.24, 2.45) is 0 Å². The molecule has 0 fully saturated rings. The van der Waals surface area contributed by atoms with Crippen molar-refractivity contribution in [3.8, 4) is 17.1 Å². The monoisotopic (exact) mass is 399 g/mol. The number of alkyl halides is 3. The molecule has 2 rings (SSSR count). The summed E-state index contributed by atoms with van der Waals surface area (Å²) in [6.45, 7) is 4.05. The summed E-state index contributed by atoms with van der Waals surface area (Å²) in [6.07, 6.45) is -2.43. The minimum absolute atomic E-state index is 0.0869. The summed E-state index contributed by atoms with van der Waals surface area (Å²) >= 11 is 0. The van der Waals surface area contributed by atoms with E-state index in [2.05, 4.69) is 20.0 Å². The smallest absolute Gasteiger partial charge is 0.471 e. The second kappa shape index (κ2) is 9.34. The summed E-state index contributed by atoms with van der Waals surface area (Å²) in [7, 11) is 0. The molecule has 0 spiro atoms. The Labute approximate surface area is 159 Å². The highest BCUT2D eigenvalue weighted by Gasteiger charge is 2.38. The molecule has 2 amide bonds. The molecular formula is C18H20F3N3O4. The van der Waals surface area contributed by atoms with Crippen LogP contribution in [0.3, 0.4) is 0 Å². The van der Waals surface area contributed by atoms with E-state index in [4.69, 9.17) is 4.74 Å². The van der Waals surface area contributed by atoms with Crippen LogP contribution >= 0.6 is 0 Å². The van der Waals surface area contributed by atoms with Gasteiger partial charge in [0.15, 0.2) is 0 Å². The van der Waals surface area contributed by atoms with Gasteiger partial charge >= 0.3 is 12.1 Å². The number of ether oxygens (including phenoxy) is 1. The molecule has 0 aliphatic rings. The highest BCUT2D eigenvalue weighted by atomic mass is 19.4. The zero-order valence-electron chi connectivity index (χ0n) is 15.4. The van der Waals surface area contributed by atoms with E-state index in [-0.39, 0.29) is 29.1 Å². The van der Waals surface area contributed by atoms with E-state index in [9.17, 15) is 22.8 Å². The third-order valence-corrected chi connectivity index (χ3v) is 3.64. The van der Waals surface area contributed by atoms with Crippen molar-refractivity contribution in [2.45, 2.75) is 45.7 Å². The van der Waals surface area contributed by atoms with Crippen LogP contribution in [0.5, 0.6) is 5.75 Å². The molecule has 0 unspecified atom stereocenters. The number of hydrogen-bond acceptors (Lipinski definition) is 6. The first-order chi connectivity index (χ1) is 13.3. The molecule has 0 saturated heterocycles. The molecule has 152 valence electrons. The molecule has 0 atom stereocenters. The molecular weight excluding hydrogens is 379 g/mol. The molecule has 0 aliphatic carbocycles. The minimum Gasteiger partial charge on any atom is -0.493 e. The molecule has 0 aliphatic heterocycles. The molecule has 28 heavy (non-hydrogen) atoms. The standard InChI is InChI=1S/C18H20F3N3O4/c1-3-5-9-27-13-10-11(15-23-17(28-24-15)18(19,20)21)7-8-12(13)16(26)22-14(25)6-4-2/h7-8,10H,3-6,9H2,1-2H3,(H,22,25,26). The summed E-state index contributed by atoms with van der Waals surface area (Å²) in [5.74, 6) is -2.72. The number of amides is 2. The van der Waals surface area contributed by atoms with Crippen molar-refractivity contribution < 1.29 is 32.0 Å². The van der Waals surface area contributed by atoms with Gasteiger partial charge in [-0.3, -0.25) is 14.9 Å². The van der Waals surface area contributed by atoms with Crippen LogP contribution in [0.25, 0.3) is 11.4 Å². The van der Waals surface area contributed by atoms with Crippen molar-refractivity contribution in [1.29, 1.82) is 0 Å². The summed E-state index contributed by atoms with van der Waals surface area (Å²) in [5, 5.41) is 5.58. The maximum atomic E-state index is 12.7. The van der Waals surface area contributed by atoms with Crippen LogP contribution in [0.2, 0.25) is 0 Å². The Kier molecular flexibility index (Phi) is 7.13. The Morgan fingerprint density at radius 3 is 2.57 bits per heavy atom. The minimum atomic E-state index is -4.76. The van der Waals surface area contributed by atoms with Gasteiger partial charge in [-0.05, 0) is 31.0 Å². The van der Waals surface area contributed by atoms with E-state index in [1.807, 2.05) is 6.92 Å². The first kappa shape index (κ1) is 21.4. The predicted octanol–water partition coefficient (Wildman–Crippen LogP) is 3.99. The van der Waals surface area contributed by atoms with Gasteiger partial charge < -0.3 is 9.26 Å². The average Bonchev–Trinajstić information content (AvgIpc) is 3.12. The summed E-state index contributed by atoms with van der Waals surface area (Å²) in [6, 6.07) is 4.05. The number of imide groups is 1. The van der Waals surface area contributed by atoms with Gasteiger partial charge in [-0.25, -0.2) is 0 Å². The second-order valence-corrected chi connectivity index (χ2v) is 5.96. The molecule has 2 aromatic rings. The Bertz CT molecular complexity index is 834. The van der Waals surface area contributed by atoms with E-state index >= 15 is 0 Å². The molecule has 7 nitrogen and oxygen atoms in total. The summed E-state index contributed by atoms with van der Waals surface area (Å²) in [4.78, 5) is 27.4. The molecule has 0 radical (unpaired) electrons. The number of carbonyl (C=O) groups is 2. The molecule has 10 heteroatoms. The van der Waals surface area contributed by atoms with Crippen LogP contribution in [0, 0.1) is 0 Å². The van der Waals surface area contributed by atoms with Crippen molar-refractivity contribution in [3.63, 3.8) is 0 Å². The van der Waals surface area contributed by atoms with Gasteiger partial charge in [0, 0.05) is 12.0 Å². The van der Waals surface area contributed by atoms with Gasteiger partial charge in [-0.2, -0.15) is 18.2 Å². The maximum absolute atomic E-state index is 12.7. The van der Waals surface area contributed by atoms with Crippen LogP contribution in [0.1, 0.15) is 55.8 Å². The van der Waals surface area contributed by atoms with E-state index in [0.29, 0.717) is 19.4 Å². The lowest BCUT2D eigenvalue weighted by Gasteiger charge is -2.12. The third kappa shape index (κ3) is 5.54. The fourth-order valence-electron chi connectivity index (χ4n) is 2.23. The van der Waals surface area contributed by atoms with Crippen LogP contribution < -0.4 is 10.1 Å². The number of carbonyl (C=O) groups excluding carboxylic acids is 2. The lowest BCUT2D eigenvalue weighted by molar-refractivity contribution is -0.159. The van der Waals surface area contributed by atoms with Crippen molar-refractivity contribution in [1.82, 2.24) is 15.5 Å². The highest BCUT2D eigenvalue weighted by molar-refractivity contribution is 6.06. The number of rotatable bonds is 8. The zero-order valence-corrected chi connectivity index (χ0v) is 15.4. The lowest BCUT2D eigenvalue weighted by atomic mass is 10.1. The van der Waals surface area contributed by atoms with Gasteiger partial charge in [0.25, 0.3) is 5.91 Å². The van der Waals surface area contributed by atoms with Crippen LogP contribution in [0.15, 0.2) is 22.7 Å². The molecule has 1 aromatic heterocycles. The van der Waals surface area contributed by atoms with Crippen molar-refractivity contribution in [3.05, 3.63) is 29.7 Å². The fourth-order valence-corrected chi connectivity index (χ4v) is 2.23. The van der Waals surface area contributed by atoms with Crippen molar-refractivity contribution >= 4 is 11.8 Å². The summed E-state index contributed by atoms with van der Waals surface area (Å²) in [5.41, 5.74) is 0.269. The number of nitrogens with zero attached hydrogens (tertiary/aromatic N) is 2. The number of aromatic nitrogens is 2. The van der Waals surface area contributed by atoms with Gasteiger partial charge in [0.1, 0.15) is 5.75 Å². The average molecular weight is 399 g/mol. The first-order valence-electron chi connectivity index (χ1n) is 8.78. The Morgan fingerprint density at radius 2 is 1.96 bits per heavy atom. The SMILES string of the molecule is CCCCOc1cc(-c2noc(C(F)(F)F)n2)ccc1C(=O)NC(=O)CCC. The van der Waals surface area contributed by atoms with E-state index in [1.54, 1.807) is 6.92 Å². The second-order valence-electron chi connectivity index (χ2n) is 5.96.